The molecule has 2 atom stereocenters. The van der Waals surface area contributed by atoms with Crippen LogP contribution in [0.1, 0.15) is 35.2 Å². The number of methoxy groups -OCH3 is 1. The number of ketones is 1. The van der Waals surface area contributed by atoms with Gasteiger partial charge >= 0.3 is 5.97 Å². The van der Waals surface area contributed by atoms with Gasteiger partial charge in [0, 0.05) is 41.3 Å². The van der Waals surface area contributed by atoms with E-state index in [-0.39, 0.29) is 18.1 Å². The van der Waals surface area contributed by atoms with Gasteiger partial charge in [-0.2, -0.15) is 0 Å². The van der Waals surface area contributed by atoms with Gasteiger partial charge in [0.25, 0.3) is 0 Å². The molecule has 2 aromatic rings. The molecule has 152 valence electrons. The molecule has 1 saturated heterocycles. The van der Waals surface area contributed by atoms with E-state index in [0.717, 1.165) is 16.5 Å². The fraction of sp³-hybridized carbons (Fsp3) is 0.364. The Kier molecular flexibility index (Phi) is 7.14. The van der Waals surface area contributed by atoms with Crippen LogP contribution < -0.4 is 0 Å². The number of aromatic nitrogens is 1. The summed E-state index contributed by atoms with van der Waals surface area (Å²) in [5, 5.41) is 0. The molecule has 1 aliphatic rings. The van der Waals surface area contributed by atoms with Crippen LogP contribution in [0.3, 0.4) is 0 Å². The predicted molar refractivity (Wildman–Crippen MR) is 111 cm³/mol. The Morgan fingerprint density at radius 1 is 1.24 bits per heavy atom. The SMILES string of the molecule is COC(=O)[C@@H]1CCCN1C(=O)[C@@H](CC(=O)c1ccc(Br)cc1)Cc1cccnc1. The first-order chi connectivity index (χ1) is 14.0. The highest BCUT2D eigenvalue weighted by atomic mass is 79.9. The van der Waals surface area contributed by atoms with Crippen LogP contribution in [0.25, 0.3) is 0 Å². The number of halogens is 1. The van der Waals surface area contributed by atoms with Gasteiger partial charge in [0.05, 0.1) is 7.11 Å². The molecule has 7 heteroatoms. The van der Waals surface area contributed by atoms with Gasteiger partial charge in [-0.3, -0.25) is 14.6 Å². The Bertz CT molecular complexity index is 870. The maximum atomic E-state index is 13.3. The first kappa shape index (κ1) is 21.2. The topological polar surface area (TPSA) is 76.6 Å². The average Bonchev–Trinajstić information content (AvgIpc) is 3.23. The van der Waals surface area contributed by atoms with Gasteiger partial charge in [-0.05, 0) is 43.0 Å². The van der Waals surface area contributed by atoms with E-state index >= 15 is 0 Å². The lowest BCUT2D eigenvalue weighted by atomic mass is 9.91. The van der Waals surface area contributed by atoms with Crippen molar-refractivity contribution in [2.24, 2.45) is 5.92 Å². The number of benzene rings is 1. The molecule has 0 saturated carbocycles. The molecule has 3 rings (SSSR count). The summed E-state index contributed by atoms with van der Waals surface area (Å²) in [5.41, 5.74) is 1.44. The van der Waals surface area contributed by atoms with Crippen molar-refractivity contribution < 1.29 is 19.1 Å². The van der Waals surface area contributed by atoms with Gasteiger partial charge < -0.3 is 9.64 Å². The van der Waals surface area contributed by atoms with Crippen LogP contribution in [-0.2, 0) is 20.7 Å². The Labute approximate surface area is 178 Å². The van der Waals surface area contributed by atoms with Crippen LogP contribution in [0.4, 0.5) is 0 Å². The van der Waals surface area contributed by atoms with Gasteiger partial charge in [-0.25, -0.2) is 4.79 Å². The van der Waals surface area contributed by atoms with Gasteiger partial charge in [-0.15, -0.1) is 0 Å². The third kappa shape index (κ3) is 5.29. The van der Waals surface area contributed by atoms with E-state index in [1.165, 1.54) is 7.11 Å². The second kappa shape index (κ2) is 9.78. The number of pyridine rings is 1. The van der Waals surface area contributed by atoms with Crippen molar-refractivity contribution in [1.29, 1.82) is 0 Å². The molecule has 0 unspecified atom stereocenters. The molecule has 1 aliphatic heterocycles. The highest BCUT2D eigenvalue weighted by Gasteiger charge is 2.38. The molecule has 1 aromatic carbocycles. The van der Waals surface area contributed by atoms with Gasteiger partial charge in [0.2, 0.25) is 5.91 Å². The molecule has 0 spiro atoms. The van der Waals surface area contributed by atoms with Crippen molar-refractivity contribution in [2.75, 3.05) is 13.7 Å². The number of likely N-dealkylation sites (tertiary alicyclic amines) is 1. The Hall–Kier alpha value is -2.54. The quantitative estimate of drug-likeness (QED) is 0.469. The Morgan fingerprint density at radius 3 is 2.66 bits per heavy atom. The zero-order chi connectivity index (χ0) is 20.8. The van der Waals surface area contributed by atoms with Crippen LogP contribution in [0.15, 0.2) is 53.3 Å². The Morgan fingerprint density at radius 2 is 2.00 bits per heavy atom. The minimum absolute atomic E-state index is 0.0692. The van der Waals surface area contributed by atoms with E-state index in [2.05, 4.69) is 20.9 Å². The summed E-state index contributed by atoms with van der Waals surface area (Å²) in [7, 11) is 1.33. The zero-order valence-electron chi connectivity index (χ0n) is 16.2. The van der Waals surface area contributed by atoms with Crippen molar-refractivity contribution in [3.63, 3.8) is 0 Å². The first-order valence-electron chi connectivity index (χ1n) is 9.55. The van der Waals surface area contributed by atoms with E-state index in [1.54, 1.807) is 47.6 Å². The maximum Gasteiger partial charge on any atom is 0.328 e. The smallest absolute Gasteiger partial charge is 0.328 e. The van der Waals surface area contributed by atoms with E-state index in [4.69, 9.17) is 4.74 Å². The van der Waals surface area contributed by atoms with Crippen molar-refractivity contribution in [2.45, 2.75) is 31.7 Å². The van der Waals surface area contributed by atoms with Crippen LogP contribution in [0.2, 0.25) is 0 Å². The summed E-state index contributed by atoms with van der Waals surface area (Å²) in [6, 6.07) is 10.2. The standard InChI is InChI=1S/C22H23BrN2O4/c1-29-22(28)19-5-3-11-25(19)21(27)17(12-15-4-2-10-24-14-15)13-20(26)16-6-8-18(23)9-7-16/h2,4,6-10,14,17,19H,3,5,11-13H2,1H3/t17-,19+/m1/s1. The monoisotopic (exact) mass is 458 g/mol. The van der Waals surface area contributed by atoms with Crippen molar-refractivity contribution in [3.8, 4) is 0 Å². The lowest BCUT2D eigenvalue weighted by molar-refractivity contribution is -0.152. The second-order valence-electron chi connectivity index (χ2n) is 7.11. The molecule has 1 fully saturated rings. The largest absolute Gasteiger partial charge is 0.467 e. The minimum Gasteiger partial charge on any atom is -0.467 e. The lowest BCUT2D eigenvalue weighted by Crippen LogP contribution is -2.45. The molecule has 0 bridgehead atoms. The van der Waals surface area contributed by atoms with E-state index in [9.17, 15) is 14.4 Å². The third-order valence-corrected chi connectivity index (χ3v) is 5.69. The third-order valence-electron chi connectivity index (χ3n) is 5.16. The van der Waals surface area contributed by atoms with Crippen LogP contribution >= 0.6 is 15.9 Å². The van der Waals surface area contributed by atoms with Crippen molar-refractivity contribution >= 4 is 33.6 Å². The molecule has 1 amide bonds. The molecule has 1 aromatic heterocycles. The van der Waals surface area contributed by atoms with E-state index < -0.39 is 17.9 Å². The molecular weight excluding hydrogens is 436 g/mol. The number of esters is 1. The molecule has 2 heterocycles. The second-order valence-corrected chi connectivity index (χ2v) is 8.03. The number of carbonyl (C=O) groups excluding carboxylic acids is 3. The zero-order valence-corrected chi connectivity index (χ0v) is 17.8. The summed E-state index contributed by atoms with van der Waals surface area (Å²) in [6.07, 6.45) is 5.15. The summed E-state index contributed by atoms with van der Waals surface area (Å²) in [4.78, 5) is 44.0. The summed E-state index contributed by atoms with van der Waals surface area (Å²) in [6.45, 7) is 0.495. The van der Waals surface area contributed by atoms with Crippen molar-refractivity contribution in [3.05, 3.63) is 64.4 Å². The normalized spacial score (nSPS) is 17.0. The summed E-state index contributed by atoms with van der Waals surface area (Å²) >= 11 is 3.36. The maximum absolute atomic E-state index is 13.3. The minimum atomic E-state index is -0.577. The number of rotatable bonds is 7. The number of Topliss-reactive ketones (excluding diaryl/α,β-unsaturated/α-hetero) is 1. The number of nitrogens with zero attached hydrogens (tertiary/aromatic N) is 2. The molecule has 6 nitrogen and oxygen atoms in total. The van der Waals surface area contributed by atoms with Crippen LogP contribution in [0.5, 0.6) is 0 Å². The lowest BCUT2D eigenvalue weighted by Gasteiger charge is -2.27. The number of amides is 1. The average molecular weight is 459 g/mol. The fourth-order valence-electron chi connectivity index (χ4n) is 3.67. The molecule has 0 aliphatic carbocycles. The Balaban J connectivity index is 1.82. The highest BCUT2D eigenvalue weighted by molar-refractivity contribution is 9.10. The fourth-order valence-corrected chi connectivity index (χ4v) is 3.94. The van der Waals surface area contributed by atoms with Gasteiger partial charge in [0.1, 0.15) is 6.04 Å². The van der Waals surface area contributed by atoms with E-state index in [0.29, 0.717) is 24.9 Å². The number of carbonyl (C=O) groups is 3. The highest BCUT2D eigenvalue weighted by Crippen LogP contribution is 2.25. The molecule has 29 heavy (non-hydrogen) atoms. The molecular formula is C22H23BrN2O4. The first-order valence-corrected chi connectivity index (χ1v) is 10.3. The van der Waals surface area contributed by atoms with Crippen LogP contribution in [0, 0.1) is 5.92 Å². The summed E-state index contributed by atoms with van der Waals surface area (Å²) in [5.74, 6) is -1.27. The molecule has 0 radical (unpaired) electrons. The number of hydrogen-bond acceptors (Lipinski definition) is 5. The summed E-state index contributed by atoms with van der Waals surface area (Å²) < 4.78 is 5.74. The molecule has 0 N–H and O–H groups in total. The van der Waals surface area contributed by atoms with Gasteiger partial charge in [0.15, 0.2) is 5.78 Å². The van der Waals surface area contributed by atoms with Gasteiger partial charge in [-0.1, -0.05) is 34.1 Å². The van der Waals surface area contributed by atoms with Crippen LogP contribution in [-0.4, -0.2) is 47.2 Å². The van der Waals surface area contributed by atoms with E-state index in [1.807, 2.05) is 6.07 Å². The number of ether oxygens (including phenoxy) is 1. The van der Waals surface area contributed by atoms with Crippen molar-refractivity contribution in [1.82, 2.24) is 9.88 Å². The number of hydrogen-bond donors (Lipinski definition) is 0. The predicted octanol–water partition coefficient (Wildman–Crippen LogP) is 3.44.